The summed E-state index contributed by atoms with van der Waals surface area (Å²) in [7, 11) is 0. The van der Waals surface area contributed by atoms with Crippen molar-refractivity contribution in [3.63, 3.8) is 0 Å². The van der Waals surface area contributed by atoms with Crippen LogP contribution >= 0.6 is 22.9 Å². The van der Waals surface area contributed by atoms with E-state index in [1.807, 2.05) is 31.2 Å². The van der Waals surface area contributed by atoms with Crippen molar-refractivity contribution in [2.24, 2.45) is 5.73 Å². The Bertz CT molecular complexity index is 897. The molecule has 3 nitrogen and oxygen atoms in total. The third-order valence-electron chi connectivity index (χ3n) is 4.52. The first-order chi connectivity index (χ1) is 12.0. The highest BCUT2D eigenvalue weighted by Crippen LogP contribution is 2.37. The van der Waals surface area contributed by atoms with Crippen LogP contribution < -0.4 is 5.73 Å². The van der Waals surface area contributed by atoms with Gasteiger partial charge in [-0.15, -0.1) is 11.3 Å². The van der Waals surface area contributed by atoms with E-state index in [1.54, 1.807) is 11.3 Å². The fourth-order valence-corrected chi connectivity index (χ4v) is 4.33. The number of carbonyl (C=O) groups is 1. The van der Waals surface area contributed by atoms with Crippen molar-refractivity contribution in [3.8, 4) is 11.1 Å². The van der Waals surface area contributed by atoms with Crippen LogP contribution in [-0.4, -0.2) is 10.5 Å². The van der Waals surface area contributed by atoms with Gasteiger partial charge in [-0.25, -0.2) is 0 Å². The van der Waals surface area contributed by atoms with Gasteiger partial charge < -0.3 is 10.3 Å². The molecule has 2 heterocycles. The molecule has 2 aromatic heterocycles. The highest BCUT2D eigenvalue weighted by molar-refractivity contribution is 7.09. The van der Waals surface area contributed by atoms with Gasteiger partial charge in [-0.2, -0.15) is 0 Å². The van der Waals surface area contributed by atoms with Gasteiger partial charge in [0.25, 0.3) is 5.91 Å². The van der Waals surface area contributed by atoms with Gasteiger partial charge in [0.2, 0.25) is 0 Å². The van der Waals surface area contributed by atoms with Crippen LogP contribution in [0.1, 0.15) is 33.5 Å². The Morgan fingerprint density at radius 2 is 2.00 bits per heavy atom. The van der Waals surface area contributed by atoms with E-state index in [4.69, 9.17) is 17.3 Å². The quantitative estimate of drug-likeness (QED) is 0.644. The number of nitrogens with zero attached hydrogens (tertiary/aromatic N) is 1. The molecule has 3 aromatic rings. The second-order valence-corrected chi connectivity index (χ2v) is 7.40. The molecular formula is C20H21ClN2OS. The highest BCUT2D eigenvalue weighted by Gasteiger charge is 2.24. The van der Waals surface area contributed by atoms with Crippen molar-refractivity contribution in [2.75, 3.05) is 0 Å². The number of halogens is 1. The molecule has 1 aromatic carbocycles. The first-order valence-electron chi connectivity index (χ1n) is 8.33. The summed E-state index contributed by atoms with van der Waals surface area (Å²) in [5.41, 5.74) is 10.1. The number of nitrogens with two attached hydrogens (primary N) is 1. The topological polar surface area (TPSA) is 48.0 Å². The lowest BCUT2D eigenvalue weighted by Crippen LogP contribution is -2.13. The molecule has 0 aliphatic rings. The molecule has 2 N–H and O–H groups in total. The standard InChI is InChI=1S/C20H21ClN2OS/c1-3-17-19(15-8-4-5-9-16(15)21)18(20(22)24)13(2)23(17)11-10-14-7-6-12-25-14/h4-9,12H,3,10-11H2,1-2H3,(H2,22,24). The highest BCUT2D eigenvalue weighted by atomic mass is 35.5. The minimum absolute atomic E-state index is 0.406. The first kappa shape index (κ1) is 17.8. The van der Waals surface area contributed by atoms with Crippen LogP contribution in [0.4, 0.5) is 0 Å². The Morgan fingerprint density at radius 1 is 1.24 bits per heavy atom. The first-order valence-corrected chi connectivity index (χ1v) is 9.59. The van der Waals surface area contributed by atoms with Gasteiger partial charge in [0.1, 0.15) is 0 Å². The van der Waals surface area contributed by atoms with Crippen LogP contribution in [0.15, 0.2) is 41.8 Å². The Morgan fingerprint density at radius 3 is 2.60 bits per heavy atom. The number of aromatic nitrogens is 1. The number of amides is 1. The van der Waals surface area contributed by atoms with Gasteiger partial charge in [-0.1, -0.05) is 42.8 Å². The van der Waals surface area contributed by atoms with Crippen molar-refractivity contribution < 1.29 is 4.79 Å². The molecule has 0 aliphatic heterocycles. The van der Waals surface area contributed by atoms with E-state index in [0.717, 1.165) is 41.9 Å². The molecule has 3 rings (SSSR count). The summed E-state index contributed by atoms with van der Waals surface area (Å²) >= 11 is 8.18. The van der Waals surface area contributed by atoms with E-state index in [0.29, 0.717) is 10.6 Å². The molecule has 0 spiro atoms. The van der Waals surface area contributed by atoms with Crippen molar-refractivity contribution in [1.29, 1.82) is 0 Å². The third-order valence-corrected chi connectivity index (χ3v) is 5.78. The largest absolute Gasteiger partial charge is 0.366 e. The summed E-state index contributed by atoms with van der Waals surface area (Å²) in [6.45, 7) is 4.88. The molecule has 1 amide bonds. The van der Waals surface area contributed by atoms with Crippen molar-refractivity contribution in [2.45, 2.75) is 33.2 Å². The summed E-state index contributed by atoms with van der Waals surface area (Å²) in [6, 6.07) is 11.8. The lowest BCUT2D eigenvalue weighted by molar-refractivity contribution is 0.1000. The zero-order valence-electron chi connectivity index (χ0n) is 14.4. The summed E-state index contributed by atoms with van der Waals surface area (Å²) in [6.07, 6.45) is 1.74. The van der Waals surface area contributed by atoms with Crippen molar-refractivity contribution >= 4 is 28.8 Å². The minimum Gasteiger partial charge on any atom is -0.366 e. The number of thiophene rings is 1. The number of carbonyl (C=O) groups excluding carboxylic acids is 1. The lowest BCUT2D eigenvalue weighted by atomic mass is 9.99. The van der Waals surface area contributed by atoms with Crippen LogP contribution in [0.2, 0.25) is 5.02 Å². The lowest BCUT2D eigenvalue weighted by Gasteiger charge is -2.12. The Hall–Kier alpha value is -2.04. The monoisotopic (exact) mass is 372 g/mol. The maximum atomic E-state index is 12.2. The fourth-order valence-electron chi connectivity index (χ4n) is 3.40. The number of primary amides is 1. The fraction of sp³-hybridized carbons (Fsp3) is 0.250. The average molecular weight is 373 g/mol. The summed E-state index contributed by atoms with van der Waals surface area (Å²) in [5.74, 6) is -0.406. The van der Waals surface area contributed by atoms with Crippen LogP contribution in [0.3, 0.4) is 0 Å². The van der Waals surface area contributed by atoms with Gasteiger partial charge in [-0.05, 0) is 37.3 Å². The molecule has 5 heteroatoms. The Labute approximate surface area is 157 Å². The van der Waals surface area contributed by atoms with Gasteiger partial charge in [0.05, 0.1) is 5.56 Å². The molecule has 0 atom stereocenters. The number of aryl methyl sites for hydroxylation is 1. The van der Waals surface area contributed by atoms with E-state index in [1.165, 1.54) is 4.88 Å². The summed E-state index contributed by atoms with van der Waals surface area (Å²) < 4.78 is 2.22. The molecule has 0 saturated carbocycles. The van der Waals surface area contributed by atoms with E-state index < -0.39 is 5.91 Å². The van der Waals surface area contributed by atoms with Crippen LogP contribution in [0.5, 0.6) is 0 Å². The predicted octanol–water partition coefficient (Wildman–Crippen LogP) is 5.08. The van der Waals surface area contributed by atoms with Gasteiger partial charge in [0.15, 0.2) is 0 Å². The molecule has 0 saturated heterocycles. The SMILES string of the molecule is CCc1c(-c2ccccc2Cl)c(C(N)=O)c(C)n1CCc1cccs1. The number of hydrogen-bond donors (Lipinski definition) is 1. The van der Waals surface area contributed by atoms with Gasteiger partial charge in [-0.3, -0.25) is 4.79 Å². The second kappa shape index (κ2) is 7.46. The average Bonchev–Trinajstić information content (AvgIpc) is 3.19. The van der Waals surface area contributed by atoms with Crippen molar-refractivity contribution in [1.82, 2.24) is 4.57 Å². The van der Waals surface area contributed by atoms with E-state index in [2.05, 4.69) is 29.0 Å². The zero-order chi connectivity index (χ0) is 18.0. The molecule has 25 heavy (non-hydrogen) atoms. The molecule has 0 unspecified atom stereocenters. The van der Waals surface area contributed by atoms with E-state index in [9.17, 15) is 4.79 Å². The molecule has 0 radical (unpaired) electrons. The van der Waals surface area contributed by atoms with Crippen LogP contribution in [-0.2, 0) is 19.4 Å². The third kappa shape index (κ3) is 3.37. The molecule has 0 fully saturated rings. The molecule has 0 bridgehead atoms. The number of benzene rings is 1. The maximum Gasteiger partial charge on any atom is 0.251 e. The van der Waals surface area contributed by atoms with Crippen LogP contribution in [0, 0.1) is 6.92 Å². The Balaban J connectivity index is 2.15. The van der Waals surface area contributed by atoms with Gasteiger partial charge in [0, 0.05) is 39.0 Å². The summed E-state index contributed by atoms with van der Waals surface area (Å²) in [4.78, 5) is 13.5. The number of rotatable bonds is 6. The second-order valence-electron chi connectivity index (χ2n) is 5.96. The minimum atomic E-state index is -0.406. The van der Waals surface area contributed by atoms with E-state index >= 15 is 0 Å². The Kier molecular flexibility index (Phi) is 5.30. The maximum absolute atomic E-state index is 12.2. The summed E-state index contributed by atoms with van der Waals surface area (Å²) in [5, 5.41) is 2.72. The van der Waals surface area contributed by atoms with Crippen LogP contribution in [0.25, 0.3) is 11.1 Å². The smallest absolute Gasteiger partial charge is 0.251 e. The normalized spacial score (nSPS) is 11.0. The van der Waals surface area contributed by atoms with Gasteiger partial charge >= 0.3 is 0 Å². The van der Waals surface area contributed by atoms with Crippen molar-refractivity contribution in [3.05, 3.63) is 68.6 Å². The van der Waals surface area contributed by atoms with E-state index in [-0.39, 0.29) is 0 Å². The molecule has 0 aliphatic carbocycles. The zero-order valence-corrected chi connectivity index (χ0v) is 16.0. The predicted molar refractivity (Wildman–Crippen MR) is 106 cm³/mol. The molecule has 130 valence electrons. The molecular weight excluding hydrogens is 352 g/mol. The number of hydrogen-bond acceptors (Lipinski definition) is 2.